The first-order chi connectivity index (χ1) is 10.7. The number of carbonyl (C=O) groups is 1. The lowest BCUT2D eigenvalue weighted by atomic mass is 9.79. The van der Waals surface area contributed by atoms with Crippen molar-refractivity contribution >= 4 is 16.9 Å². The standard InChI is InChI=1S/C18H24N4O/c1-17(2)9-12(10-18(3,4)22-17)20-16(23)15-11-19-13-7-5-6-8-14(13)21-15/h5-8,11-12,22H,9-10H2,1-4H3,(H,20,23). The van der Waals surface area contributed by atoms with Gasteiger partial charge < -0.3 is 10.6 Å². The number of piperidine rings is 1. The Balaban J connectivity index is 1.77. The van der Waals surface area contributed by atoms with Crippen LogP contribution in [0.15, 0.2) is 30.5 Å². The van der Waals surface area contributed by atoms with Gasteiger partial charge in [0.1, 0.15) is 5.69 Å². The molecule has 1 saturated heterocycles. The maximum absolute atomic E-state index is 12.5. The first-order valence-electron chi connectivity index (χ1n) is 8.06. The van der Waals surface area contributed by atoms with Crippen molar-refractivity contribution in [3.63, 3.8) is 0 Å². The molecule has 2 aromatic rings. The molecule has 5 nitrogen and oxygen atoms in total. The Bertz CT molecular complexity index is 723. The summed E-state index contributed by atoms with van der Waals surface area (Å²) in [7, 11) is 0. The van der Waals surface area contributed by atoms with Gasteiger partial charge in [-0.1, -0.05) is 12.1 Å². The molecule has 1 aromatic carbocycles. The smallest absolute Gasteiger partial charge is 0.271 e. The molecule has 23 heavy (non-hydrogen) atoms. The van der Waals surface area contributed by atoms with Gasteiger partial charge in [0, 0.05) is 17.1 Å². The molecule has 1 fully saturated rings. The Morgan fingerprint density at radius 3 is 2.39 bits per heavy atom. The molecule has 1 aliphatic heterocycles. The number of carbonyl (C=O) groups excluding carboxylic acids is 1. The van der Waals surface area contributed by atoms with Gasteiger partial charge >= 0.3 is 0 Å². The van der Waals surface area contributed by atoms with Crippen molar-refractivity contribution in [2.24, 2.45) is 0 Å². The number of fused-ring (bicyclic) bond motifs is 1. The molecule has 1 aliphatic rings. The fraction of sp³-hybridized carbons (Fsp3) is 0.500. The molecule has 0 unspecified atom stereocenters. The second-order valence-electron chi connectivity index (χ2n) is 7.72. The third-order valence-corrected chi connectivity index (χ3v) is 4.21. The van der Waals surface area contributed by atoms with Crippen LogP contribution in [0.1, 0.15) is 51.0 Å². The summed E-state index contributed by atoms with van der Waals surface area (Å²) in [5.41, 5.74) is 1.90. The summed E-state index contributed by atoms with van der Waals surface area (Å²) in [5, 5.41) is 6.75. The molecule has 122 valence electrons. The van der Waals surface area contributed by atoms with Crippen LogP contribution >= 0.6 is 0 Å². The van der Waals surface area contributed by atoms with Crippen LogP contribution in [0, 0.1) is 0 Å². The number of hydrogen-bond donors (Lipinski definition) is 2. The molecule has 0 radical (unpaired) electrons. The van der Waals surface area contributed by atoms with Crippen molar-refractivity contribution in [3.8, 4) is 0 Å². The number of para-hydroxylation sites is 2. The summed E-state index contributed by atoms with van der Waals surface area (Å²) in [6, 6.07) is 7.70. The topological polar surface area (TPSA) is 66.9 Å². The lowest BCUT2D eigenvalue weighted by Crippen LogP contribution is -2.62. The molecule has 0 spiro atoms. The number of benzene rings is 1. The van der Waals surface area contributed by atoms with Gasteiger partial charge in [-0.3, -0.25) is 9.78 Å². The van der Waals surface area contributed by atoms with E-state index in [9.17, 15) is 4.79 Å². The van der Waals surface area contributed by atoms with Crippen LogP contribution in [-0.4, -0.2) is 33.0 Å². The highest BCUT2D eigenvalue weighted by Gasteiger charge is 2.38. The van der Waals surface area contributed by atoms with E-state index in [1.165, 1.54) is 0 Å². The maximum atomic E-state index is 12.5. The van der Waals surface area contributed by atoms with E-state index in [2.05, 4.69) is 48.3 Å². The van der Waals surface area contributed by atoms with Gasteiger partial charge in [0.25, 0.3) is 5.91 Å². The van der Waals surface area contributed by atoms with E-state index in [-0.39, 0.29) is 23.0 Å². The molecule has 0 aliphatic carbocycles. The van der Waals surface area contributed by atoms with E-state index in [1.54, 1.807) is 6.20 Å². The first kappa shape index (κ1) is 15.9. The zero-order valence-electron chi connectivity index (χ0n) is 14.2. The van der Waals surface area contributed by atoms with E-state index in [0.717, 1.165) is 23.9 Å². The molecule has 3 rings (SSSR count). The molecular weight excluding hydrogens is 288 g/mol. The summed E-state index contributed by atoms with van der Waals surface area (Å²) >= 11 is 0. The number of rotatable bonds is 2. The lowest BCUT2D eigenvalue weighted by Gasteiger charge is -2.46. The highest BCUT2D eigenvalue weighted by molar-refractivity contribution is 5.93. The Morgan fingerprint density at radius 1 is 1.13 bits per heavy atom. The number of nitrogens with one attached hydrogen (secondary N) is 2. The van der Waals surface area contributed by atoms with Crippen molar-refractivity contribution in [3.05, 3.63) is 36.2 Å². The van der Waals surface area contributed by atoms with Gasteiger partial charge in [0.15, 0.2) is 0 Å². The minimum absolute atomic E-state index is 0.00520. The Morgan fingerprint density at radius 2 is 1.74 bits per heavy atom. The zero-order chi connectivity index (χ0) is 16.7. The van der Waals surface area contributed by atoms with Crippen molar-refractivity contribution in [2.45, 2.75) is 57.7 Å². The summed E-state index contributed by atoms with van der Waals surface area (Å²) in [6.45, 7) is 8.68. The second kappa shape index (κ2) is 5.57. The third kappa shape index (κ3) is 3.67. The van der Waals surface area contributed by atoms with Gasteiger partial charge in [-0.2, -0.15) is 0 Å². The van der Waals surface area contributed by atoms with Crippen LogP contribution in [0.2, 0.25) is 0 Å². The molecule has 0 atom stereocenters. The highest BCUT2D eigenvalue weighted by atomic mass is 16.1. The highest BCUT2D eigenvalue weighted by Crippen LogP contribution is 2.28. The van der Waals surface area contributed by atoms with Crippen molar-refractivity contribution < 1.29 is 4.79 Å². The first-order valence-corrected chi connectivity index (χ1v) is 8.06. The average Bonchev–Trinajstić information content (AvgIpc) is 2.43. The van der Waals surface area contributed by atoms with Gasteiger partial charge in [0.05, 0.1) is 17.2 Å². The van der Waals surface area contributed by atoms with Crippen LogP contribution in [0.3, 0.4) is 0 Å². The summed E-state index contributed by atoms with van der Waals surface area (Å²) in [6.07, 6.45) is 3.33. The fourth-order valence-electron chi connectivity index (χ4n) is 3.75. The Labute approximate surface area is 136 Å². The minimum atomic E-state index is -0.151. The van der Waals surface area contributed by atoms with Crippen molar-refractivity contribution in [1.82, 2.24) is 20.6 Å². The van der Waals surface area contributed by atoms with Gasteiger partial charge in [-0.25, -0.2) is 4.98 Å². The number of nitrogens with zero attached hydrogens (tertiary/aromatic N) is 2. The average molecular weight is 312 g/mol. The summed E-state index contributed by atoms with van der Waals surface area (Å²) in [5.74, 6) is -0.151. The maximum Gasteiger partial charge on any atom is 0.271 e. The normalized spacial score (nSPS) is 20.3. The Hall–Kier alpha value is -2.01. The van der Waals surface area contributed by atoms with Crippen LogP contribution < -0.4 is 10.6 Å². The van der Waals surface area contributed by atoms with Crippen LogP contribution in [-0.2, 0) is 0 Å². The quantitative estimate of drug-likeness (QED) is 0.894. The number of aromatic nitrogens is 2. The van der Waals surface area contributed by atoms with E-state index in [0.29, 0.717) is 5.69 Å². The van der Waals surface area contributed by atoms with Crippen LogP contribution in [0.25, 0.3) is 11.0 Å². The fourth-order valence-corrected chi connectivity index (χ4v) is 3.75. The van der Waals surface area contributed by atoms with Crippen LogP contribution in [0.4, 0.5) is 0 Å². The molecule has 0 bridgehead atoms. The molecule has 2 heterocycles. The lowest BCUT2D eigenvalue weighted by molar-refractivity contribution is 0.0868. The van der Waals surface area contributed by atoms with E-state index in [1.807, 2.05) is 24.3 Å². The predicted octanol–water partition coefficient (Wildman–Crippen LogP) is 2.67. The zero-order valence-corrected chi connectivity index (χ0v) is 14.2. The monoisotopic (exact) mass is 312 g/mol. The van der Waals surface area contributed by atoms with Crippen molar-refractivity contribution in [2.75, 3.05) is 0 Å². The predicted molar refractivity (Wildman–Crippen MR) is 91.3 cm³/mol. The SMILES string of the molecule is CC1(C)CC(NC(=O)c2cnc3ccccc3n2)CC(C)(C)N1. The largest absolute Gasteiger partial charge is 0.348 e. The minimum Gasteiger partial charge on any atom is -0.348 e. The second-order valence-corrected chi connectivity index (χ2v) is 7.72. The molecular formula is C18H24N4O. The van der Waals surface area contributed by atoms with Gasteiger partial charge in [-0.15, -0.1) is 0 Å². The molecule has 1 aromatic heterocycles. The van der Waals surface area contributed by atoms with E-state index in [4.69, 9.17) is 0 Å². The van der Waals surface area contributed by atoms with Crippen LogP contribution in [0.5, 0.6) is 0 Å². The molecule has 0 saturated carbocycles. The molecule has 2 N–H and O–H groups in total. The van der Waals surface area contributed by atoms with E-state index >= 15 is 0 Å². The van der Waals surface area contributed by atoms with Crippen molar-refractivity contribution in [1.29, 1.82) is 0 Å². The van der Waals surface area contributed by atoms with Gasteiger partial charge in [-0.05, 0) is 52.7 Å². The summed E-state index contributed by atoms with van der Waals surface area (Å²) in [4.78, 5) is 21.3. The number of amides is 1. The van der Waals surface area contributed by atoms with Gasteiger partial charge in [0.2, 0.25) is 0 Å². The van der Waals surface area contributed by atoms with E-state index < -0.39 is 0 Å². The molecule has 5 heteroatoms. The number of hydrogen-bond acceptors (Lipinski definition) is 4. The Kier molecular flexibility index (Phi) is 3.84. The summed E-state index contributed by atoms with van der Waals surface area (Å²) < 4.78 is 0. The third-order valence-electron chi connectivity index (χ3n) is 4.21. The molecule has 1 amide bonds.